The molecule has 0 aromatic carbocycles. The quantitative estimate of drug-likeness (QED) is 0.558. The Bertz CT molecular complexity index is 224. The van der Waals surface area contributed by atoms with Crippen LogP contribution in [0.1, 0.15) is 38.4 Å². The summed E-state index contributed by atoms with van der Waals surface area (Å²) in [5.41, 5.74) is 3.75. The number of nitrogens with two attached hydrogens (primary N) is 1. The maximum absolute atomic E-state index is 5.48. The largest absolute Gasteiger partial charge is 0.271 e. The van der Waals surface area contributed by atoms with Crippen LogP contribution in [0.2, 0.25) is 0 Å². The second kappa shape index (κ2) is 5.26. The Morgan fingerprint density at radius 1 is 1.69 bits per heavy atom. The molecule has 0 aliphatic heterocycles. The lowest BCUT2D eigenvalue weighted by atomic mass is 9.95. The zero-order valence-electron chi connectivity index (χ0n) is 8.03. The number of hydrogen-bond donors (Lipinski definition) is 2. The van der Waals surface area contributed by atoms with E-state index in [0.717, 1.165) is 18.5 Å². The van der Waals surface area contributed by atoms with Gasteiger partial charge in [0.05, 0.1) is 29.7 Å². The molecule has 0 spiro atoms. The lowest BCUT2D eigenvalue weighted by Crippen LogP contribution is -2.32. The lowest BCUT2D eigenvalue weighted by Gasteiger charge is -2.20. The summed E-state index contributed by atoms with van der Waals surface area (Å²) in [4.78, 5) is 0. The molecule has 0 amide bonds. The van der Waals surface area contributed by atoms with Gasteiger partial charge in [-0.2, -0.15) is 8.75 Å². The Morgan fingerprint density at radius 3 is 2.92 bits per heavy atom. The third-order valence-corrected chi connectivity index (χ3v) is 2.68. The first kappa shape index (κ1) is 10.6. The van der Waals surface area contributed by atoms with Gasteiger partial charge in [-0.15, -0.1) is 0 Å². The van der Waals surface area contributed by atoms with E-state index >= 15 is 0 Å². The highest BCUT2D eigenvalue weighted by Crippen LogP contribution is 2.23. The first-order chi connectivity index (χ1) is 6.29. The number of hydrogen-bond acceptors (Lipinski definition) is 5. The van der Waals surface area contributed by atoms with E-state index in [2.05, 4.69) is 28.0 Å². The molecule has 4 nitrogen and oxygen atoms in total. The Morgan fingerprint density at radius 2 is 2.46 bits per heavy atom. The van der Waals surface area contributed by atoms with Crippen LogP contribution in [0.4, 0.5) is 0 Å². The van der Waals surface area contributed by atoms with Crippen molar-refractivity contribution in [3.63, 3.8) is 0 Å². The molecule has 0 radical (unpaired) electrons. The SMILES string of the molecule is CCCC(C)C(NN)c1cnsn1. The molecular weight excluding hydrogens is 184 g/mol. The normalized spacial score (nSPS) is 15.6. The Balaban J connectivity index is 2.62. The van der Waals surface area contributed by atoms with Gasteiger partial charge in [-0.05, 0) is 12.3 Å². The van der Waals surface area contributed by atoms with Crippen LogP contribution in [-0.4, -0.2) is 8.75 Å². The number of nitrogens with zero attached hydrogens (tertiary/aromatic N) is 2. The summed E-state index contributed by atoms with van der Waals surface area (Å²) in [5, 5.41) is 0. The summed E-state index contributed by atoms with van der Waals surface area (Å²) < 4.78 is 8.15. The van der Waals surface area contributed by atoms with E-state index in [1.165, 1.54) is 11.7 Å². The number of nitrogens with one attached hydrogen (secondary N) is 1. The summed E-state index contributed by atoms with van der Waals surface area (Å²) >= 11 is 1.22. The van der Waals surface area contributed by atoms with Gasteiger partial charge < -0.3 is 0 Å². The minimum Gasteiger partial charge on any atom is -0.271 e. The average Bonchev–Trinajstić information content (AvgIpc) is 2.59. The molecular formula is C8H16N4S. The fourth-order valence-electron chi connectivity index (χ4n) is 1.47. The van der Waals surface area contributed by atoms with Gasteiger partial charge in [-0.25, -0.2) is 0 Å². The molecule has 0 bridgehead atoms. The van der Waals surface area contributed by atoms with E-state index in [-0.39, 0.29) is 6.04 Å². The summed E-state index contributed by atoms with van der Waals surface area (Å²) in [7, 11) is 0. The molecule has 0 aliphatic carbocycles. The summed E-state index contributed by atoms with van der Waals surface area (Å²) in [6, 6.07) is 0.138. The molecule has 1 rings (SSSR count). The third-order valence-electron chi connectivity index (χ3n) is 2.19. The van der Waals surface area contributed by atoms with Crippen LogP contribution < -0.4 is 11.3 Å². The minimum absolute atomic E-state index is 0.138. The molecule has 74 valence electrons. The standard InChI is InChI=1S/C8H16N4S/c1-3-4-6(2)8(11-9)7-5-10-13-12-7/h5-6,8,11H,3-4,9H2,1-2H3. The predicted molar refractivity (Wildman–Crippen MR) is 54.0 cm³/mol. The fourth-order valence-corrected chi connectivity index (χ4v) is 1.93. The summed E-state index contributed by atoms with van der Waals surface area (Å²) in [6.45, 7) is 4.34. The molecule has 5 heteroatoms. The van der Waals surface area contributed by atoms with Gasteiger partial charge in [0.1, 0.15) is 0 Å². The van der Waals surface area contributed by atoms with E-state index in [4.69, 9.17) is 5.84 Å². The topological polar surface area (TPSA) is 63.8 Å². The van der Waals surface area contributed by atoms with Crippen LogP contribution >= 0.6 is 11.7 Å². The fraction of sp³-hybridized carbons (Fsp3) is 0.750. The first-order valence-corrected chi connectivity index (χ1v) is 5.26. The predicted octanol–water partition coefficient (Wildman–Crippen LogP) is 1.48. The molecule has 0 fully saturated rings. The molecule has 0 saturated heterocycles. The van der Waals surface area contributed by atoms with Gasteiger partial charge in [-0.1, -0.05) is 20.3 Å². The zero-order chi connectivity index (χ0) is 9.68. The van der Waals surface area contributed by atoms with Crippen LogP contribution in [-0.2, 0) is 0 Å². The van der Waals surface area contributed by atoms with Crippen LogP contribution in [0.3, 0.4) is 0 Å². The van der Waals surface area contributed by atoms with Gasteiger partial charge in [0, 0.05) is 0 Å². The van der Waals surface area contributed by atoms with Gasteiger partial charge in [-0.3, -0.25) is 11.3 Å². The molecule has 2 atom stereocenters. The van der Waals surface area contributed by atoms with Gasteiger partial charge >= 0.3 is 0 Å². The van der Waals surface area contributed by atoms with E-state index in [1.54, 1.807) is 6.20 Å². The van der Waals surface area contributed by atoms with Gasteiger partial charge in [0.15, 0.2) is 0 Å². The molecule has 13 heavy (non-hydrogen) atoms. The maximum Gasteiger partial charge on any atom is 0.0928 e. The smallest absolute Gasteiger partial charge is 0.0928 e. The molecule has 1 heterocycles. The van der Waals surface area contributed by atoms with Crippen molar-refractivity contribution < 1.29 is 0 Å². The highest BCUT2D eigenvalue weighted by Gasteiger charge is 2.19. The Labute approximate surface area is 82.8 Å². The van der Waals surface area contributed by atoms with E-state index < -0.39 is 0 Å². The first-order valence-electron chi connectivity index (χ1n) is 4.53. The van der Waals surface area contributed by atoms with Crippen LogP contribution in [0, 0.1) is 5.92 Å². The third kappa shape index (κ3) is 2.72. The Hall–Kier alpha value is -0.520. The van der Waals surface area contributed by atoms with Crippen molar-refractivity contribution in [1.82, 2.24) is 14.2 Å². The number of rotatable bonds is 5. The van der Waals surface area contributed by atoms with Crippen molar-refractivity contribution in [2.45, 2.75) is 32.7 Å². The van der Waals surface area contributed by atoms with Crippen molar-refractivity contribution in [3.8, 4) is 0 Å². The summed E-state index contributed by atoms with van der Waals surface area (Å²) in [5.74, 6) is 5.98. The highest BCUT2D eigenvalue weighted by atomic mass is 32.1. The minimum atomic E-state index is 0.138. The maximum atomic E-state index is 5.48. The molecule has 1 aromatic rings. The second-order valence-electron chi connectivity index (χ2n) is 3.24. The molecule has 2 unspecified atom stereocenters. The number of aromatic nitrogens is 2. The number of hydrazine groups is 1. The van der Waals surface area contributed by atoms with Crippen molar-refractivity contribution >= 4 is 11.7 Å². The van der Waals surface area contributed by atoms with Crippen molar-refractivity contribution in [2.75, 3.05) is 0 Å². The molecule has 0 saturated carbocycles. The lowest BCUT2D eigenvalue weighted by molar-refractivity contribution is 0.363. The summed E-state index contributed by atoms with van der Waals surface area (Å²) in [6.07, 6.45) is 4.09. The molecule has 0 aliphatic rings. The van der Waals surface area contributed by atoms with Gasteiger partial charge in [0.25, 0.3) is 0 Å². The van der Waals surface area contributed by atoms with Gasteiger partial charge in [0.2, 0.25) is 0 Å². The van der Waals surface area contributed by atoms with Crippen molar-refractivity contribution in [1.29, 1.82) is 0 Å². The highest BCUT2D eigenvalue weighted by molar-refractivity contribution is 6.99. The van der Waals surface area contributed by atoms with E-state index in [1.807, 2.05) is 0 Å². The molecule has 3 N–H and O–H groups in total. The monoisotopic (exact) mass is 200 g/mol. The zero-order valence-corrected chi connectivity index (χ0v) is 8.84. The van der Waals surface area contributed by atoms with Crippen LogP contribution in [0.15, 0.2) is 6.20 Å². The second-order valence-corrected chi connectivity index (χ2v) is 3.80. The molecule has 1 aromatic heterocycles. The van der Waals surface area contributed by atoms with Crippen molar-refractivity contribution in [2.24, 2.45) is 11.8 Å². The van der Waals surface area contributed by atoms with Crippen molar-refractivity contribution in [3.05, 3.63) is 11.9 Å². The average molecular weight is 200 g/mol. The van der Waals surface area contributed by atoms with E-state index in [0.29, 0.717) is 5.92 Å². The van der Waals surface area contributed by atoms with Crippen LogP contribution in [0.25, 0.3) is 0 Å². The van der Waals surface area contributed by atoms with Crippen LogP contribution in [0.5, 0.6) is 0 Å². The Kier molecular flexibility index (Phi) is 4.27. The van der Waals surface area contributed by atoms with E-state index in [9.17, 15) is 0 Å².